The molecule has 0 amide bonds. The molecule has 0 aromatic rings. The van der Waals surface area contributed by atoms with E-state index < -0.39 is 5.97 Å². The average Bonchev–Trinajstić information content (AvgIpc) is 2.05. The second-order valence-corrected chi connectivity index (χ2v) is 3.21. The first-order chi connectivity index (χ1) is 5.22. The molecule has 0 aromatic carbocycles. The van der Waals surface area contributed by atoms with E-state index in [1.54, 1.807) is 6.92 Å². The highest BCUT2D eigenvalue weighted by atomic mass is 16.4. The quantitative estimate of drug-likeness (QED) is 0.620. The molecule has 3 nitrogen and oxygen atoms in total. The molecule has 1 aliphatic heterocycles. The topological polar surface area (TPSA) is 49.3 Å². The molecular formula is C8H15NO2. The molecule has 0 spiro atoms. The van der Waals surface area contributed by atoms with E-state index >= 15 is 0 Å². The van der Waals surface area contributed by atoms with Crippen molar-refractivity contribution in [1.29, 1.82) is 0 Å². The minimum atomic E-state index is -0.656. The highest BCUT2D eigenvalue weighted by molar-refractivity contribution is 5.69. The number of aliphatic carboxylic acids is 1. The van der Waals surface area contributed by atoms with Crippen LogP contribution in [0.1, 0.15) is 19.8 Å². The van der Waals surface area contributed by atoms with Crippen molar-refractivity contribution >= 4 is 5.97 Å². The first-order valence-electron chi connectivity index (χ1n) is 4.15. The van der Waals surface area contributed by atoms with E-state index in [0.29, 0.717) is 5.92 Å². The molecule has 64 valence electrons. The molecule has 1 aliphatic rings. The third-order valence-corrected chi connectivity index (χ3v) is 2.48. The summed E-state index contributed by atoms with van der Waals surface area (Å²) in [4.78, 5) is 10.6. The molecular weight excluding hydrogens is 142 g/mol. The number of hydrogen-bond donors (Lipinski definition) is 2. The van der Waals surface area contributed by atoms with Crippen LogP contribution in [0.15, 0.2) is 0 Å². The van der Waals surface area contributed by atoms with Gasteiger partial charge in [0.15, 0.2) is 0 Å². The molecule has 11 heavy (non-hydrogen) atoms. The summed E-state index contributed by atoms with van der Waals surface area (Å²) in [6.45, 7) is 3.75. The van der Waals surface area contributed by atoms with Gasteiger partial charge in [-0.25, -0.2) is 0 Å². The van der Waals surface area contributed by atoms with E-state index in [-0.39, 0.29) is 5.92 Å². The van der Waals surface area contributed by atoms with Crippen LogP contribution in [-0.2, 0) is 4.79 Å². The zero-order valence-electron chi connectivity index (χ0n) is 6.84. The smallest absolute Gasteiger partial charge is 0.306 e. The Bertz CT molecular complexity index is 141. The van der Waals surface area contributed by atoms with Gasteiger partial charge >= 0.3 is 5.97 Å². The minimum Gasteiger partial charge on any atom is -0.481 e. The standard InChI is InChI=1S/C8H15NO2/c1-6(8(10)11)7-2-4-9-5-3-7/h6-7,9H,2-5H2,1H3,(H,10,11)/t6-/m0/s1. The van der Waals surface area contributed by atoms with E-state index in [1.165, 1.54) is 0 Å². The second-order valence-electron chi connectivity index (χ2n) is 3.21. The molecule has 0 unspecified atom stereocenters. The van der Waals surface area contributed by atoms with Crippen molar-refractivity contribution in [3.8, 4) is 0 Å². The SMILES string of the molecule is C[C@H](C(=O)O)C1CCNCC1. The van der Waals surface area contributed by atoms with Crippen LogP contribution in [0.25, 0.3) is 0 Å². The lowest BCUT2D eigenvalue weighted by molar-refractivity contribution is -0.143. The summed E-state index contributed by atoms with van der Waals surface area (Å²) in [6.07, 6.45) is 2.01. The Kier molecular flexibility index (Phi) is 2.88. The van der Waals surface area contributed by atoms with Crippen molar-refractivity contribution in [1.82, 2.24) is 5.32 Å². The van der Waals surface area contributed by atoms with E-state index in [9.17, 15) is 4.79 Å². The summed E-state index contributed by atoms with van der Waals surface area (Å²) >= 11 is 0. The van der Waals surface area contributed by atoms with Crippen molar-refractivity contribution in [3.05, 3.63) is 0 Å². The zero-order chi connectivity index (χ0) is 8.27. The van der Waals surface area contributed by atoms with Gasteiger partial charge in [0.2, 0.25) is 0 Å². The Morgan fingerprint density at radius 2 is 2.09 bits per heavy atom. The summed E-state index contributed by atoms with van der Waals surface area (Å²) in [5, 5.41) is 11.9. The van der Waals surface area contributed by atoms with Crippen LogP contribution in [0, 0.1) is 11.8 Å². The minimum absolute atomic E-state index is 0.169. The van der Waals surface area contributed by atoms with Crippen LogP contribution in [0.3, 0.4) is 0 Å². The highest BCUT2D eigenvalue weighted by Crippen LogP contribution is 2.21. The molecule has 0 radical (unpaired) electrons. The lowest BCUT2D eigenvalue weighted by atomic mass is 9.86. The Morgan fingerprint density at radius 3 is 2.55 bits per heavy atom. The number of nitrogens with one attached hydrogen (secondary N) is 1. The fourth-order valence-corrected chi connectivity index (χ4v) is 1.55. The molecule has 0 bridgehead atoms. The predicted molar refractivity (Wildman–Crippen MR) is 42.4 cm³/mol. The Labute approximate surface area is 66.8 Å². The van der Waals surface area contributed by atoms with E-state index in [4.69, 9.17) is 5.11 Å². The van der Waals surface area contributed by atoms with Crippen molar-refractivity contribution in [3.63, 3.8) is 0 Å². The van der Waals surface area contributed by atoms with Gasteiger partial charge in [-0.2, -0.15) is 0 Å². The lowest BCUT2D eigenvalue weighted by Gasteiger charge is -2.25. The molecule has 2 N–H and O–H groups in total. The molecule has 3 heteroatoms. The number of piperidine rings is 1. The summed E-state index contributed by atoms with van der Waals surface area (Å²) < 4.78 is 0. The first kappa shape index (κ1) is 8.53. The van der Waals surface area contributed by atoms with Crippen LogP contribution in [0.5, 0.6) is 0 Å². The fraction of sp³-hybridized carbons (Fsp3) is 0.875. The van der Waals surface area contributed by atoms with Crippen molar-refractivity contribution in [2.45, 2.75) is 19.8 Å². The number of carbonyl (C=O) groups is 1. The number of carboxylic acid groups (broad SMARTS) is 1. The van der Waals surface area contributed by atoms with Crippen LogP contribution < -0.4 is 5.32 Å². The van der Waals surface area contributed by atoms with E-state index in [0.717, 1.165) is 25.9 Å². The Morgan fingerprint density at radius 1 is 1.55 bits per heavy atom. The van der Waals surface area contributed by atoms with E-state index in [2.05, 4.69) is 5.32 Å². The summed E-state index contributed by atoms with van der Waals surface area (Å²) in [6, 6.07) is 0. The highest BCUT2D eigenvalue weighted by Gasteiger charge is 2.24. The summed E-state index contributed by atoms with van der Waals surface area (Å²) in [5.74, 6) is -0.442. The first-order valence-corrected chi connectivity index (χ1v) is 4.15. The van der Waals surface area contributed by atoms with Gasteiger partial charge in [0, 0.05) is 0 Å². The molecule has 0 aromatic heterocycles. The zero-order valence-corrected chi connectivity index (χ0v) is 6.84. The summed E-state index contributed by atoms with van der Waals surface area (Å²) in [5.41, 5.74) is 0. The fourth-order valence-electron chi connectivity index (χ4n) is 1.55. The van der Waals surface area contributed by atoms with Crippen LogP contribution in [0.4, 0.5) is 0 Å². The maximum absolute atomic E-state index is 10.6. The van der Waals surface area contributed by atoms with Gasteiger partial charge in [0.1, 0.15) is 0 Å². The molecule has 1 fully saturated rings. The van der Waals surface area contributed by atoms with Crippen LogP contribution in [-0.4, -0.2) is 24.2 Å². The van der Waals surface area contributed by atoms with Crippen LogP contribution in [0.2, 0.25) is 0 Å². The van der Waals surface area contributed by atoms with Gasteiger partial charge < -0.3 is 10.4 Å². The van der Waals surface area contributed by atoms with Crippen molar-refractivity contribution in [2.24, 2.45) is 11.8 Å². The largest absolute Gasteiger partial charge is 0.481 e. The monoisotopic (exact) mass is 157 g/mol. The van der Waals surface area contributed by atoms with E-state index in [1.807, 2.05) is 0 Å². The maximum atomic E-state index is 10.6. The van der Waals surface area contributed by atoms with Gasteiger partial charge in [-0.3, -0.25) is 4.79 Å². The van der Waals surface area contributed by atoms with Gasteiger partial charge in [0.25, 0.3) is 0 Å². The average molecular weight is 157 g/mol. The van der Waals surface area contributed by atoms with Gasteiger partial charge in [-0.1, -0.05) is 6.92 Å². The number of rotatable bonds is 2. The molecule has 0 saturated carbocycles. The van der Waals surface area contributed by atoms with Gasteiger partial charge in [-0.15, -0.1) is 0 Å². The Hall–Kier alpha value is -0.570. The number of carboxylic acids is 1. The lowest BCUT2D eigenvalue weighted by Crippen LogP contribution is -2.33. The normalized spacial score (nSPS) is 23.0. The second kappa shape index (κ2) is 3.72. The summed E-state index contributed by atoms with van der Waals surface area (Å²) in [7, 11) is 0. The maximum Gasteiger partial charge on any atom is 0.306 e. The molecule has 0 aliphatic carbocycles. The number of hydrogen-bond acceptors (Lipinski definition) is 2. The van der Waals surface area contributed by atoms with Gasteiger partial charge in [0.05, 0.1) is 5.92 Å². The predicted octanol–water partition coefficient (Wildman–Crippen LogP) is 0.707. The van der Waals surface area contributed by atoms with Crippen molar-refractivity contribution in [2.75, 3.05) is 13.1 Å². The molecule has 1 saturated heterocycles. The molecule has 1 atom stereocenters. The van der Waals surface area contributed by atoms with Crippen LogP contribution >= 0.6 is 0 Å². The molecule has 1 rings (SSSR count). The van der Waals surface area contributed by atoms with Gasteiger partial charge in [-0.05, 0) is 31.8 Å². The third kappa shape index (κ3) is 2.19. The third-order valence-electron chi connectivity index (χ3n) is 2.48. The van der Waals surface area contributed by atoms with Crippen molar-refractivity contribution < 1.29 is 9.90 Å². The molecule has 1 heterocycles. The Balaban J connectivity index is 2.38.